The molecule has 0 spiro atoms. The van der Waals surface area contributed by atoms with Crippen LogP contribution in [0.25, 0.3) is 0 Å². The van der Waals surface area contributed by atoms with Gasteiger partial charge in [-0.1, -0.05) is 0 Å². The van der Waals surface area contributed by atoms with Gasteiger partial charge in [0.05, 0.1) is 0 Å². The maximum Gasteiger partial charge on any atom is 0.397 e. The fourth-order valence-corrected chi connectivity index (χ4v) is 2.09. The molecule has 0 N–H and O–H groups in total. The summed E-state index contributed by atoms with van der Waals surface area (Å²) in [5, 5.41) is 0. The van der Waals surface area contributed by atoms with Crippen molar-refractivity contribution in [2.75, 3.05) is 0 Å². The molecule has 1 aliphatic rings. The summed E-state index contributed by atoms with van der Waals surface area (Å²) in [6.45, 7) is 0.366. The van der Waals surface area contributed by atoms with Crippen molar-refractivity contribution in [1.29, 1.82) is 0 Å². The van der Waals surface area contributed by atoms with E-state index in [2.05, 4.69) is 0 Å². The number of hydrogen-bond acceptors (Lipinski definition) is 0. The highest BCUT2D eigenvalue weighted by Gasteiger charge is 2.80. The third-order valence-electron chi connectivity index (χ3n) is 3.67. The standard InChI is InChI=1S/C10H12F8/c1-6(2,10(16,17)18)7(11)4-3-5-8(12,13)9(7,14)15/h3-5H2,1-2H3. The maximum atomic E-state index is 14.2. The molecule has 1 rings (SSSR count). The van der Waals surface area contributed by atoms with Gasteiger partial charge in [-0.3, -0.25) is 0 Å². The van der Waals surface area contributed by atoms with Gasteiger partial charge in [0, 0.05) is 6.42 Å². The molecular weight excluding hydrogens is 272 g/mol. The highest BCUT2D eigenvalue weighted by atomic mass is 19.4. The third kappa shape index (κ3) is 1.71. The molecule has 8 heteroatoms. The van der Waals surface area contributed by atoms with Gasteiger partial charge in [-0.15, -0.1) is 0 Å². The Bertz CT molecular complexity index is 319. The van der Waals surface area contributed by atoms with Crippen molar-refractivity contribution in [3.63, 3.8) is 0 Å². The van der Waals surface area contributed by atoms with Gasteiger partial charge >= 0.3 is 18.0 Å². The molecule has 1 unspecified atom stereocenters. The molecule has 1 atom stereocenters. The molecule has 0 aromatic heterocycles. The molecule has 18 heavy (non-hydrogen) atoms. The molecule has 0 heterocycles. The largest absolute Gasteiger partial charge is 0.397 e. The summed E-state index contributed by atoms with van der Waals surface area (Å²) in [6, 6.07) is 0. The van der Waals surface area contributed by atoms with Crippen LogP contribution in [0.2, 0.25) is 0 Å². The Morgan fingerprint density at radius 2 is 1.28 bits per heavy atom. The average molecular weight is 284 g/mol. The monoisotopic (exact) mass is 284 g/mol. The van der Waals surface area contributed by atoms with Crippen molar-refractivity contribution in [1.82, 2.24) is 0 Å². The van der Waals surface area contributed by atoms with Crippen LogP contribution < -0.4 is 0 Å². The molecule has 0 aromatic rings. The van der Waals surface area contributed by atoms with Crippen LogP contribution in [0.15, 0.2) is 0 Å². The van der Waals surface area contributed by atoms with Crippen molar-refractivity contribution in [2.45, 2.75) is 56.8 Å². The first kappa shape index (κ1) is 15.5. The van der Waals surface area contributed by atoms with Crippen LogP contribution in [-0.4, -0.2) is 23.7 Å². The van der Waals surface area contributed by atoms with Gasteiger partial charge < -0.3 is 0 Å². The molecule has 0 nitrogen and oxygen atoms in total. The van der Waals surface area contributed by atoms with Gasteiger partial charge in [0.2, 0.25) is 0 Å². The first-order valence-corrected chi connectivity index (χ1v) is 5.22. The molecule has 1 saturated carbocycles. The van der Waals surface area contributed by atoms with Crippen molar-refractivity contribution in [2.24, 2.45) is 5.41 Å². The Morgan fingerprint density at radius 3 is 1.67 bits per heavy atom. The van der Waals surface area contributed by atoms with Crippen molar-refractivity contribution in [3.8, 4) is 0 Å². The minimum Gasteiger partial charge on any atom is -0.236 e. The number of hydrogen-bond donors (Lipinski definition) is 0. The number of halogens is 8. The summed E-state index contributed by atoms with van der Waals surface area (Å²) < 4.78 is 105. The molecule has 0 aromatic carbocycles. The van der Waals surface area contributed by atoms with Gasteiger partial charge in [-0.05, 0) is 26.7 Å². The molecule has 0 aliphatic heterocycles. The quantitative estimate of drug-likeness (QED) is 0.610. The molecule has 0 saturated heterocycles. The first-order valence-electron chi connectivity index (χ1n) is 5.22. The van der Waals surface area contributed by atoms with E-state index in [0.717, 1.165) is 0 Å². The molecule has 0 amide bonds. The van der Waals surface area contributed by atoms with Gasteiger partial charge in [0.25, 0.3) is 0 Å². The zero-order chi connectivity index (χ0) is 14.6. The zero-order valence-corrected chi connectivity index (χ0v) is 9.65. The Kier molecular flexibility index (Phi) is 3.21. The smallest absolute Gasteiger partial charge is 0.236 e. The molecule has 1 fully saturated rings. The minimum absolute atomic E-state index is 0.183. The summed E-state index contributed by atoms with van der Waals surface area (Å²) in [5.74, 6) is -10.1. The number of rotatable bonds is 1. The van der Waals surface area contributed by atoms with E-state index in [1.54, 1.807) is 0 Å². The Hall–Kier alpha value is -0.560. The van der Waals surface area contributed by atoms with Crippen LogP contribution in [-0.2, 0) is 0 Å². The van der Waals surface area contributed by atoms with Crippen LogP contribution in [0, 0.1) is 5.41 Å². The third-order valence-corrected chi connectivity index (χ3v) is 3.67. The van der Waals surface area contributed by atoms with E-state index in [1.165, 1.54) is 0 Å². The predicted molar refractivity (Wildman–Crippen MR) is 47.4 cm³/mol. The molecule has 0 bridgehead atoms. The summed E-state index contributed by atoms with van der Waals surface area (Å²) in [5.41, 5.74) is -7.88. The maximum absolute atomic E-state index is 14.2. The van der Waals surface area contributed by atoms with Crippen molar-refractivity contribution < 1.29 is 35.1 Å². The molecule has 1 aliphatic carbocycles. The Balaban J connectivity index is 3.36. The lowest BCUT2D eigenvalue weighted by Gasteiger charge is -2.50. The summed E-state index contributed by atoms with van der Waals surface area (Å²) in [6.07, 6.45) is -8.64. The highest BCUT2D eigenvalue weighted by Crippen LogP contribution is 2.63. The van der Waals surface area contributed by atoms with Gasteiger partial charge in [0.15, 0.2) is 5.67 Å². The predicted octanol–water partition coefficient (Wildman–Crippen LogP) is 4.74. The molecule has 108 valence electrons. The fraction of sp³-hybridized carbons (Fsp3) is 1.00. The fourth-order valence-electron chi connectivity index (χ4n) is 2.09. The van der Waals surface area contributed by atoms with Crippen LogP contribution in [0.3, 0.4) is 0 Å². The second-order valence-electron chi connectivity index (χ2n) is 5.06. The van der Waals surface area contributed by atoms with E-state index >= 15 is 0 Å². The van der Waals surface area contributed by atoms with E-state index in [4.69, 9.17) is 0 Å². The van der Waals surface area contributed by atoms with E-state index in [1.807, 2.05) is 0 Å². The topological polar surface area (TPSA) is 0 Å². The normalized spacial score (nSPS) is 32.3. The summed E-state index contributed by atoms with van der Waals surface area (Å²) in [7, 11) is 0. The van der Waals surface area contributed by atoms with E-state index in [-0.39, 0.29) is 13.8 Å². The SMILES string of the molecule is CC(C)(C(F)(F)F)C1(F)CCCC(F)(F)C1(F)F. The van der Waals surface area contributed by atoms with Crippen LogP contribution in [0.4, 0.5) is 35.1 Å². The molecular formula is C10H12F8. The van der Waals surface area contributed by atoms with Crippen LogP contribution in [0.5, 0.6) is 0 Å². The second kappa shape index (κ2) is 3.72. The Morgan fingerprint density at radius 1 is 0.833 bits per heavy atom. The summed E-state index contributed by atoms with van der Waals surface area (Å²) in [4.78, 5) is 0. The minimum atomic E-state index is -5.35. The highest BCUT2D eigenvalue weighted by molar-refractivity contribution is 5.13. The lowest BCUT2D eigenvalue weighted by molar-refractivity contribution is -0.358. The van der Waals surface area contributed by atoms with Crippen LogP contribution in [0.1, 0.15) is 33.1 Å². The molecule has 0 radical (unpaired) electrons. The van der Waals surface area contributed by atoms with Gasteiger partial charge in [-0.25, -0.2) is 4.39 Å². The lowest BCUT2D eigenvalue weighted by Crippen LogP contribution is -2.68. The second-order valence-corrected chi connectivity index (χ2v) is 5.06. The first-order chi connectivity index (χ1) is 7.71. The summed E-state index contributed by atoms with van der Waals surface area (Å²) >= 11 is 0. The van der Waals surface area contributed by atoms with Gasteiger partial charge in [0.1, 0.15) is 5.41 Å². The van der Waals surface area contributed by atoms with Gasteiger partial charge in [-0.2, -0.15) is 30.7 Å². The Labute approximate surface area is 98.3 Å². The number of alkyl halides is 8. The van der Waals surface area contributed by atoms with Crippen LogP contribution >= 0.6 is 0 Å². The van der Waals surface area contributed by atoms with E-state index in [9.17, 15) is 35.1 Å². The lowest BCUT2D eigenvalue weighted by atomic mass is 9.64. The average Bonchev–Trinajstić information content (AvgIpc) is 2.12. The zero-order valence-electron chi connectivity index (χ0n) is 9.65. The van der Waals surface area contributed by atoms with E-state index in [0.29, 0.717) is 0 Å². The van der Waals surface area contributed by atoms with E-state index < -0.39 is 48.4 Å². The van der Waals surface area contributed by atoms with Crippen molar-refractivity contribution in [3.05, 3.63) is 0 Å². The van der Waals surface area contributed by atoms with Crippen molar-refractivity contribution >= 4 is 0 Å².